The summed E-state index contributed by atoms with van der Waals surface area (Å²) in [5.74, 6) is 4.10. The highest BCUT2D eigenvalue weighted by Crippen LogP contribution is 2.61. The molecule has 1 aromatic heterocycles. The Morgan fingerprint density at radius 3 is 2.29 bits per heavy atom. The summed E-state index contributed by atoms with van der Waals surface area (Å²) in [6, 6.07) is 1.77. The van der Waals surface area contributed by atoms with E-state index in [1.54, 1.807) is 6.07 Å². The molecule has 4 bridgehead atoms. The largest absolute Gasteiger partial charge is 0.466 e. The molecule has 1 heterocycles. The number of hydrogen-bond acceptors (Lipinski definition) is 3. The van der Waals surface area contributed by atoms with E-state index in [-0.39, 0.29) is 5.91 Å². The van der Waals surface area contributed by atoms with Crippen LogP contribution in [0.15, 0.2) is 15.6 Å². The average Bonchev–Trinajstić information content (AvgIpc) is 2.81. The molecule has 1 aromatic rings. The molecular formula is C20H28N2O2. The lowest BCUT2D eigenvalue weighted by Crippen LogP contribution is -2.46. The van der Waals surface area contributed by atoms with Gasteiger partial charge in [-0.2, -0.15) is 5.10 Å². The number of carbonyl (C=O) groups excluding carboxylic acids is 1. The zero-order valence-corrected chi connectivity index (χ0v) is 15.0. The van der Waals surface area contributed by atoms with Crippen LogP contribution >= 0.6 is 0 Å². The first-order valence-electron chi connectivity index (χ1n) is 9.33. The Kier molecular flexibility index (Phi) is 3.81. The minimum absolute atomic E-state index is 0.172. The third-order valence-corrected chi connectivity index (χ3v) is 6.43. The molecule has 130 valence electrons. The van der Waals surface area contributed by atoms with Crippen molar-refractivity contribution in [1.82, 2.24) is 5.43 Å². The smallest absolute Gasteiger partial charge is 0.274 e. The average molecular weight is 328 g/mol. The highest BCUT2D eigenvalue weighted by atomic mass is 16.3. The van der Waals surface area contributed by atoms with Gasteiger partial charge in [0.15, 0.2) is 0 Å². The normalized spacial score (nSPS) is 34.6. The van der Waals surface area contributed by atoms with E-state index in [2.05, 4.69) is 17.5 Å². The van der Waals surface area contributed by atoms with Crippen molar-refractivity contribution in [2.75, 3.05) is 0 Å². The van der Waals surface area contributed by atoms with Crippen molar-refractivity contribution in [2.45, 2.75) is 65.7 Å². The third kappa shape index (κ3) is 2.91. The molecule has 0 aromatic carbocycles. The monoisotopic (exact) mass is 328 g/mol. The molecule has 4 saturated carbocycles. The van der Waals surface area contributed by atoms with Gasteiger partial charge in [-0.1, -0.05) is 0 Å². The molecule has 0 radical (unpaired) electrons. The number of aryl methyl sites for hydroxylation is 2. The second-order valence-corrected chi connectivity index (χ2v) is 8.71. The van der Waals surface area contributed by atoms with E-state index >= 15 is 0 Å². The number of hydrogen-bond donors (Lipinski definition) is 1. The summed E-state index contributed by atoms with van der Waals surface area (Å²) in [7, 11) is 0. The van der Waals surface area contributed by atoms with Gasteiger partial charge in [-0.05, 0) is 95.0 Å². The van der Waals surface area contributed by atoms with Gasteiger partial charge in [0, 0.05) is 5.71 Å². The van der Waals surface area contributed by atoms with Gasteiger partial charge in [0.25, 0.3) is 5.91 Å². The van der Waals surface area contributed by atoms with Crippen molar-refractivity contribution >= 4 is 11.6 Å². The van der Waals surface area contributed by atoms with Crippen LogP contribution in [0.2, 0.25) is 0 Å². The SMILES string of the molecule is C/C(CC12CC3CC(CC(C3)C1)C2)=N/NC(=O)c1cc(C)oc1C. The zero-order valence-electron chi connectivity index (χ0n) is 15.0. The van der Waals surface area contributed by atoms with E-state index in [1.165, 1.54) is 38.5 Å². The van der Waals surface area contributed by atoms with Gasteiger partial charge in [-0.25, -0.2) is 5.43 Å². The van der Waals surface area contributed by atoms with Crippen molar-refractivity contribution in [3.8, 4) is 0 Å². The fourth-order valence-corrected chi connectivity index (χ4v) is 6.15. The Hall–Kier alpha value is -1.58. The van der Waals surface area contributed by atoms with Crippen LogP contribution in [-0.2, 0) is 0 Å². The maximum absolute atomic E-state index is 12.3. The van der Waals surface area contributed by atoms with Crippen molar-refractivity contribution < 1.29 is 9.21 Å². The van der Waals surface area contributed by atoms with Gasteiger partial charge in [0.05, 0.1) is 5.56 Å². The summed E-state index contributed by atoms with van der Waals surface area (Å²) < 4.78 is 5.42. The molecule has 4 nitrogen and oxygen atoms in total. The van der Waals surface area contributed by atoms with E-state index in [4.69, 9.17) is 4.42 Å². The Morgan fingerprint density at radius 1 is 1.21 bits per heavy atom. The van der Waals surface area contributed by atoms with Crippen molar-refractivity contribution in [3.63, 3.8) is 0 Å². The Morgan fingerprint density at radius 2 is 1.79 bits per heavy atom. The first kappa shape index (κ1) is 15.9. The second-order valence-electron chi connectivity index (χ2n) is 8.71. The molecule has 24 heavy (non-hydrogen) atoms. The van der Waals surface area contributed by atoms with E-state index in [0.29, 0.717) is 16.7 Å². The lowest BCUT2D eigenvalue weighted by Gasteiger charge is -2.57. The number of furan rings is 1. The molecule has 5 rings (SSSR count). The Labute approximate surface area is 144 Å². The molecule has 0 aliphatic heterocycles. The first-order chi connectivity index (χ1) is 11.4. The quantitative estimate of drug-likeness (QED) is 0.648. The fraction of sp³-hybridized carbons (Fsp3) is 0.700. The number of hydrazone groups is 1. The maximum Gasteiger partial charge on any atom is 0.274 e. The molecule has 0 atom stereocenters. The second kappa shape index (κ2) is 5.75. The fourth-order valence-electron chi connectivity index (χ4n) is 6.15. The molecule has 4 heteroatoms. The van der Waals surface area contributed by atoms with Crippen LogP contribution in [0.1, 0.15) is 73.7 Å². The van der Waals surface area contributed by atoms with E-state index in [9.17, 15) is 4.79 Å². The topological polar surface area (TPSA) is 54.6 Å². The van der Waals surface area contributed by atoms with Crippen LogP contribution in [0.4, 0.5) is 0 Å². The van der Waals surface area contributed by atoms with Crippen LogP contribution in [-0.4, -0.2) is 11.6 Å². The molecule has 4 aliphatic rings. The molecule has 1 amide bonds. The van der Waals surface area contributed by atoms with Crippen LogP contribution in [0.5, 0.6) is 0 Å². The van der Waals surface area contributed by atoms with Crippen LogP contribution in [0, 0.1) is 37.0 Å². The lowest BCUT2D eigenvalue weighted by molar-refractivity contribution is -0.0482. The minimum Gasteiger partial charge on any atom is -0.466 e. The van der Waals surface area contributed by atoms with Gasteiger partial charge in [0.2, 0.25) is 0 Å². The van der Waals surface area contributed by atoms with Crippen molar-refractivity contribution in [3.05, 3.63) is 23.2 Å². The summed E-state index contributed by atoms with van der Waals surface area (Å²) >= 11 is 0. The Bertz CT molecular complexity index is 651. The molecule has 0 spiro atoms. The van der Waals surface area contributed by atoms with E-state index < -0.39 is 0 Å². The highest BCUT2D eigenvalue weighted by molar-refractivity contribution is 5.96. The molecule has 4 fully saturated rings. The molecule has 0 saturated heterocycles. The van der Waals surface area contributed by atoms with E-state index in [1.807, 2.05) is 13.8 Å². The Balaban J connectivity index is 1.41. The standard InChI is InChI=1S/C20H28N2O2/c1-12(21-22-19(23)18-4-13(2)24-14(18)3)8-20-9-15-5-16(10-20)7-17(6-15)11-20/h4,15-17H,5-11H2,1-3H3,(H,22,23)/b21-12-. The first-order valence-corrected chi connectivity index (χ1v) is 9.33. The van der Waals surface area contributed by atoms with Gasteiger partial charge < -0.3 is 4.42 Å². The van der Waals surface area contributed by atoms with Gasteiger partial charge in [0.1, 0.15) is 11.5 Å². The van der Waals surface area contributed by atoms with Crippen LogP contribution in [0.25, 0.3) is 0 Å². The third-order valence-electron chi connectivity index (χ3n) is 6.43. The lowest BCUT2D eigenvalue weighted by atomic mass is 9.48. The molecule has 4 aliphatic carbocycles. The number of carbonyl (C=O) groups is 1. The van der Waals surface area contributed by atoms with Gasteiger partial charge in [-0.15, -0.1) is 0 Å². The van der Waals surface area contributed by atoms with E-state index in [0.717, 1.165) is 35.6 Å². The number of nitrogens with one attached hydrogen (secondary N) is 1. The number of amides is 1. The van der Waals surface area contributed by atoms with Crippen LogP contribution in [0.3, 0.4) is 0 Å². The summed E-state index contributed by atoms with van der Waals surface area (Å²) in [5.41, 5.74) is 4.83. The van der Waals surface area contributed by atoms with Gasteiger partial charge >= 0.3 is 0 Å². The zero-order chi connectivity index (χ0) is 16.9. The molecular weight excluding hydrogens is 300 g/mol. The summed E-state index contributed by atoms with van der Waals surface area (Å²) in [6.45, 7) is 5.73. The summed E-state index contributed by atoms with van der Waals surface area (Å²) in [4.78, 5) is 12.3. The van der Waals surface area contributed by atoms with Gasteiger partial charge in [-0.3, -0.25) is 4.79 Å². The minimum atomic E-state index is -0.172. The molecule has 0 unspecified atom stereocenters. The van der Waals surface area contributed by atoms with Crippen LogP contribution < -0.4 is 5.43 Å². The predicted octanol–water partition coefficient (Wildman–Crippen LogP) is 4.61. The molecule has 1 N–H and O–H groups in total. The highest BCUT2D eigenvalue weighted by Gasteiger charge is 2.50. The maximum atomic E-state index is 12.3. The van der Waals surface area contributed by atoms with Crippen molar-refractivity contribution in [2.24, 2.45) is 28.3 Å². The number of nitrogens with zero attached hydrogens (tertiary/aromatic N) is 1. The summed E-state index contributed by atoms with van der Waals surface area (Å²) in [6.07, 6.45) is 9.56. The predicted molar refractivity (Wildman–Crippen MR) is 94.0 cm³/mol. The summed E-state index contributed by atoms with van der Waals surface area (Å²) in [5, 5.41) is 4.40. The van der Waals surface area contributed by atoms with Crippen molar-refractivity contribution in [1.29, 1.82) is 0 Å². The number of rotatable bonds is 4.